The number of nitrogens with zero attached hydrogens (tertiary/aromatic N) is 5. The van der Waals surface area contributed by atoms with Crippen LogP contribution in [0.25, 0.3) is 5.69 Å². The van der Waals surface area contributed by atoms with Crippen LogP contribution in [0, 0.1) is 0 Å². The monoisotopic (exact) mass is 366 g/mol. The van der Waals surface area contributed by atoms with Gasteiger partial charge in [-0.05, 0) is 29.5 Å². The van der Waals surface area contributed by atoms with E-state index in [4.69, 9.17) is 11.6 Å². The van der Waals surface area contributed by atoms with Crippen LogP contribution in [-0.4, -0.2) is 36.3 Å². The first kappa shape index (κ1) is 15.9. The van der Waals surface area contributed by atoms with Gasteiger partial charge in [0.2, 0.25) is 11.1 Å². The summed E-state index contributed by atoms with van der Waals surface area (Å²) < 4.78 is 1.51. The van der Waals surface area contributed by atoms with Gasteiger partial charge in [0.25, 0.3) is 0 Å². The molecular weight excluding hydrogens is 356 g/mol. The molecule has 0 saturated heterocycles. The molecule has 0 aliphatic heterocycles. The fourth-order valence-corrected chi connectivity index (χ4v) is 3.28. The Kier molecular flexibility index (Phi) is 4.89. The number of para-hydroxylation sites is 1. The largest absolute Gasteiger partial charge is 0.301 e. The zero-order chi connectivity index (χ0) is 16.2. The highest BCUT2D eigenvalue weighted by atomic mass is 35.5. The minimum Gasteiger partial charge on any atom is -0.301 e. The Balaban J connectivity index is 1.75. The third-order valence-electron chi connectivity index (χ3n) is 2.84. The number of amides is 1. The zero-order valence-corrected chi connectivity index (χ0v) is 14.3. The molecule has 1 atom stereocenters. The normalized spacial score (nSPS) is 12.1. The summed E-state index contributed by atoms with van der Waals surface area (Å²) in [5.41, 5.74) is 0.661. The lowest BCUT2D eigenvalue weighted by atomic mass is 10.3. The first-order valence-corrected chi connectivity index (χ1v) is 8.69. The lowest BCUT2D eigenvalue weighted by Crippen LogP contribution is -2.22. The summed E-state index contributed by atoms with van der Waals surface area (Å²) in [6.07, 6.45) is 1.63. The van der Waals surface area contributed by atoms with Crippen molar-refractivity contribution in [2.45, 2.75) is 17.3 Å². The second kappa shape index (κ2) is 7.07. The van der Waals surface area contributed by atoms with Crippen LogP contribution in [0.4, 0.5) is 5.13 Å². The van der Waals surface area contributed by atoms with Gasteiger partial charge in [-0.2, -0.15) is 4.68 Å². The van der Waals surface area contributed by atoms with Crippen molar-refractivity contribution in [3.05, 3.63) is 40.9 Å². The van der Waals surface area contributed by atoms with E-state index in [0.29, 0.717) is 21.0 Å². The van der Waals surface area contributed by atoms with Crippen LogP contribution in [0.1, 0.15) is 6.92 Å². The Bertz CT molecular complexity index is 806. The first-order valence-electron chi connectivity index (χ1n) is 6.55. The highest BCUT2D eigenvalue weighted by Gasteiger charge is 2.20. The molecule has 0 aliphatic rings. The van der Waals surface area contributed by atoms with E-state index in [2.05, 4.69) is 25.8 Å². The summed E-state index contributed by atoms with van der Waals surface area (Å²) in [7, 11) is 0. The molecule has 0 spiro atoms. The van der Waals surface area contributed by atoms with E-state index in [-0.39, 0.29) is 5.91 Å². The number of carbonyl (C=O) groups excluding carboxylic acids is 1. The second-order valence-corrected chi connectivity index (χ2v) is 7.02. The fourth-order valence-electron chi connectivity index (χ4n) is 1.73. The lowest BCUT2D eigenvalue weighted by Gasteiger charge is -2.10. The maximum absolute atomic E-state index is 12.2. The van der Waals surface area contributed by atoms with Crippen LogP contribution in [0.15, 0.2) is 41.0 Å². The molecule has 118 valence electrons. The van der Waals surface area contributed by atoms with Crippen LogP contribution < -0.4 is 5.32 Å². The van der Waals surface area contributed by atoms with E-state index < -0.39 is 5.25 Å². The summed E-state index contributed by atoms with van der Waals surface area (Å²) in [4.78, 5) is 16.2. The summed E-state index contributed by atoms with van der Waals surface area (Å²) in [5.74, 6) is -0.168. The number of anilines is 1. The minimum atomic E-state index is -0.397. The summed E-state index contributed by atoms with van der Waals surface area (Å²) in [6, 6.07) is 7.23. The van der Waals surface area contributed by atoms with E-state index in [9.17, 15) is 4.79 Å². The number of nitrogens with one attached hydrogen (secondary N) is 1. The summed E-state index contributed by atoms with van der Waals surface area (Å²) in [5, 5.41) is 17.3. The lowest BCUT2D eigenvalue weighted by molar-refractivity contribution is -0.115. The standard InChI is InChI=1S/C13H11ClN6OS2/c1-8(11(21)16-12-15-6-7-22-12)23-13-17-18-19-20(13)10-5-3-2-4-9(10)14/h2-8H,1H3,(H,15,16,21)/t8-/m0/s1. The Morgan fingerprint density at radius 2 is 2.26 bits per heavy atom. The Labute approximate surface area is 145 Å². The van der Waals surface area contributed by atoms with Crippen LogP contribution in [0.2, 0.25) is 5.02 Å². The Morgan fingerprint density at radius 1 is 1.43 bits per heavy atom. The third-order valence-corrected chi connectivity index (χ3v) is 4.88. The molecular formula is C13H11ClN6OS2. The predicted octanol–water partition coefficient (Wildman–Crippen LogP) is 2.89. The number of hydrogen-bond donors (Lipinski definition) is 1. The number of halogens is 1. The molecule has 0 aliphatic carbocycles. The average Bonchev–Trinajstić information content (AvgIpc) is 3.19. The first-order chi connectivity index (χ1) is 11.1. The van der Waals surface area contributed by atoms with Gasteiger partial charge < -0.3 is 5.32 Å². The number of hydrogen-bond acceptors (Lipinski definition) is 7. The van der Waals surface area contributed by atoms with Crippen LogP contribution in [-0.2, 0) is 4.79 Å². The molecule has 0 fully saturated rings. The molecule has 0 unspecified atom stereocenters. The Hall–Kier alpha value is -1.97. The molecule has 1 N–H and O–H groups in total. The van der Waals surface area contributed by atoms with E-state index in [1.165, 1.54) is 27.8 Å². The number of thiazole rings is 1. The topological polar surface area (TPSA) is 85.6 Å². The second-order valence-electron chi connectivity index (χ2n) is 4.41. The van der Waals surface area contributed by atoms with Gasteiger partial charge in [-0.25, -0.2) is 4.98 Å². The minimum absolute atomic E-state index is 0.168. The maximum atomic E-state index is 12.2. The molecule has 2 aromatic heterocycles. The number of rotatable bonds is 5. The van der Waals surface area contributed by atoms with Crippen molar-refractivity contribution in [2.75, 3.05) is 5.32 Å². The van der Waals surface area contributed by atoms with Crippen molar-refractivity contribution < 1.29 is 4.79 Å². The summed E-state index contributed by atoms with van der Waals surface area (Å²) in [6.45, 7) is 1.78. The summed E-state index contributed by atoms with van der Waals surface area (Å²) >= 11 is 8.78. The molecule has 3 rings (SSSR count). The molecule has 10 heteroatoms. The maximum Gasteiger partial charge on any atom is 0.239 e. The molecule has 7 nitrogen and oxygen atoms in total. The number of aromatic nitrogens is 5. The molecule has 0 bridgehead atoms. The number of tetrazole rings is 1. The van der Waals surface area contributed by atoms with Crippen molar-refractivity contribution in [1.29, 1.82) is 0 Å². The highest BCUT2D eigenvalue weighted by Crippen LogP contribution is 2.27. The van der Waals surface area contributed by atoms with Gasteiger partial charge in [0.1, 0.15) is 0 Å². The van der Waals surface area contributed by atoms with Crippen molar-refractivity contribution in [2.24, 2.45) is 0 Å². The van der Waals surface area contributed by atoms with Gasteiger partial charge in [-0.1, -0.05) is 35.5 Å². The van der Waals surface area contributed by atoms with Crippen molar-refractivity contribution in [3.63, 3.8) is 0 Å². The van der Waals surface area contributed by atoms with Gasteiger partial charge in [0, 0.05) is 11.6 Å². The molecule has 1 amide bonds. The van der Waals surface area contributed by atoms with E-state index >= 15 is 0 Å². The van der Waals surface area contributed by atoms with Crippen molar-refractivity contribution in [1.82, 2.24) is 25.2 Å². The van der Waals surface area contributed by atoms with E-state index in [1.807, 2.05) is 18.2 Å². The highest BCUT2D eigenvalue weighted by molar-refractivity contribution is 8.00. The van der Waals surface area contributed by atoms with Crippen LogP contribution in [0.5, 0.6) is 0 Å². The van der Waals surface area contributed by atoms with Crippen molar-refractivity contribution >= 4 is 45.7 Å². The van der Waals surface area contributed by atoms with Crippen molar-refractivity contribution in [3.8, 4) is 5.69 Å². The third kappa shape index (κ3) is 3.69. The molecule has 0 radical (unpaired) electrons. The van der Waals surface area contributed by atoms with E-state index in [0.717, 1.165) is 0 Å². The number of carbonyl (C=O) groups is 1. The van der Waals surface area contributed by atoms with Crippen LogP contribution >= 0.6 is 34.7 Å². The quantitative estimate of drug-likeness (QED) is 0.699. The van der Waals surface area contributed by atoms with Crippen LogP contribution in [0.3, 0.4) is 0 Å². The number of benzene rings is 1. The van der Waals surface area contributed by atoms with Gasteiger partial charge >= 0.3 is 0 Å². The SMILES string of the molecule is C[C@H](Sc1nnnn1-c1ccccc1Cl)C(=O)Nc1nccs1. The predicted molar refractivity (Wildman–Crippen MR) is 90.2 cm³/mol. The smallest absolute Gasteiger partial charge is 0.239 e. The zero-order valence-electron chi connectivity index (χ0n) is 11.9. The van der Waals surface area contributed by atoms with Gasteiger partial charge in [0.05, 0.1) is 16.0 Å². The van der Waals surface area contributed by atoms with Gasteiger partial charge in [-0.3, -0.25) is 4.79 Å². The molecule has 23 heavy (non-hydrogen) atoms. The molecule has 0 saturated carbocycles. The van der Waals surface area contributed by atoms with Gasteiger partial charge in [-0.15, -0.1) is 16.4 Å². The number of thioether (sulfide) groups is 1. The Morgan fingerprint density at radius 3 is 3.00 bits per heavy atom. The average molecular weight is 367 g/mol. The molecule has 3 aromatic rings. The molecule has 2 heterocycles. The van der Waals surface area contributed by atoms with E-state index in [1.54, 1.807) is 24.6 Å². The fraction of sp³-hybridized carbons (Fsp3) is 0.154. The van der Waals surface area contributed by atoms with Gasteiger partial charge in [0.15, 0.2) is 5.13 Å². The molecule has 1 aromatic carbocycles.